The van der Waals surface area contributed by atoms with Crippen LogP contribution in [0.4, 0.5) is 0 Å². The maximum absolute atomic E-state index is 12.8. The van der Waals surface area contributed by atoms with Gasteiger partial charge in [-0.15, -0.1) is 0 Å². The Labute approximate surface area is 177 Å². The summed E-state index contributed by atoms with van der Waals surface area (Å²) in [5.41, 5.74) is 0.402. The quantitative estimate of drug-likeness (QED) is 0.652. The van der Waals surface area contributed by atoms with Gasteiger partial charge in [-0.25, -0.2) is 13.1 Å². The molecule has 0 bridgehead atoms. The predicted molar refractivity (Wildman–Crippen MR) is 115 cm³/mol. The van der Waals surface area contributed by atoms with Crippen molar-refractivity contribution in [2.75, 3.05) is 7.11 Å². The third kappa shape index (κ3) is 6.19. The monoisotopic (exact) mass is 438 g/mol. The van der Waals surface area contributed by atoms with Gasteiger partial charge in [0.1, 0.15) is 5.75 Å². The molecule has 0 aliphatic carbocycles. The number of carbonyl (C=O) groups excluding carboxylic acids is 1. The third-order valence-corrected chi connectivity index (χ3v) is 6.77. The second kappa shape index (κ2) is 9.15. The van der Waals surface area contributed by atoms with Gasteiger partial charge in [-0.3, -0.25) is 4.79 Å². The minimum atomic E-state index is -3.83. The van der Waals surface area contributed by atoms with Crippen molar-refractivity contribution < 1.29 is 17.9 Å². The number of nitrogens with one attached hydrogen (secondary N) is 2. The minimum Gasteiger partial charge on any atom is -0.497 e. The number of ether oxygens (including phenoxy) is 1. The molecule has 0 unspecified atom stereocenters. The first-order valence-electron chi connectivity index (χ1n) is 9.17. The summed E-state index contributed by atoms with van der Waals surface area (Å²) in [4.78, 5) is 12.6. The van der Waals surface area contributed by atoms with Crippen LogP contribution in [0.3, 0.4) is 0 Å². The molecule has 2 aromatic rings. The summed E-state index contributed by atoms with van der Waals surface area (Å²) in [6.45, 7) is 6.85. The summed E-state index contributed by atoms with van der Waals surface area (Å²) < 4.78 is 33.3. The third-order valence-electron chi connectivity index (χ3n) is 4.51. The van der Waals surface area contributed by atoms with E-state index in [-0.39, 0.29) is 23.3 Å². The van der Waals surface area contributed by atoms with E-state index in [0.717, 1.165) is 11.3 Å². The van der Waals surface area contributed by atoms with Crippen molar-refractivity contribution in [3.63, 3.8) is 0 Å². The van der Waals surface area contributed by atoms with Gasteiger partial charge in [-0.05, 0) is 63.1 Å². The van der Waals surface area contributed by atoms with Gasteiger partial charge in [0.25, 0.3) is 0 Å². The lowest BCUT2D eigenvalue weighted by atomic mass is 10.0. The largest absolute Gasteiger partial charge is 0.497 e. The van der Waals surface area contributed by atoms with E-state index in [9.17, 15) is 13.2 Å². The van der Waals surface area contributed by atoms with E-state index in [2.05, 4.69) is 10.0 Å². The standard InChI is InChI=1S/C21H27ClN2O4S/c1-14-18(22)7-6-8-19(14)29(26,27)24-21(3,4)13-20(25)23-15(2)16-9-11-17(28-5)12-10-16/h6-12,15,24H,13H2,1-5H3,(H,23,25)/t15-/m0/s1. The van der Waals surface area contributed by atoms with E-state index in [1.807, 2.05) is 31.2 Å². The molecule has 0 spiro atoms. The number of hydrogen-bond acceptors (Lipinski definition) is 4. The molecule has 0 radical (unpaired) electrons. The smallest absolute Gasteiger partial charge is 0.241 e. The summed E-state index contributed by atoms with van der Waals surface area (Å²) in [6.07, 6.45) is -0.0215. The van der Waals surface area contributed by atoms with Gasteiger partial charge < -0.3 is 10.1 Å². The first-order valence-corrected chi connectivity index (χ1v) is 11.0. The lowest BCUT2D eigenvalue weighted by molar-refractivity contribution is -0.122. The van der Waals surface area contributed by atoms with Gasteiger partial charge in [0, 0.05) is 17.0 Å². The van der Waals surface area contributed by atoms with Crippen molar-refractivity contribution in [1.82, 2.24) is 10.0 Å². The number of carbonyl (C=O) groups is 1. The average molecular weight is 439 g/mol. The first kappa shape index (κ1) is 23.2. The molecule has 1 atom stereocenters. The van der Waals surface area contributed by atoms with Crippen molar-refractivity contribution in [2.45, 2.75) is 50.6 Å². The van der Waals surface area contributed by atoms with Crippen LogP contribution in [-0.2, 0) is 14.8 Å². The van der Waals surface area contributed by atoms with E-state index >= 15 is 0 Å². The molecule has 0 fully saturated rings. The van der Waals surface area contributed by atoms with Crippen LogP contribution < -0.4 is 14.8 Å². The minimum absolute atomic E-state index is 0.0215. The van der Waals surface area contributed by atoms with Crippen molar-refractivity contribution in [1.29, 1.82) is 0 Å². The van der Waals surface area contributed by atoms with Gasteiger partial charge in [-0.1, -0.05) is 29.8 Å². The lowest BCUT2D eigenvalue weighted by Gasteiger charge is -2.27. The highest BCUT2D eigenvalue weighted by molar-refractivity contribution is 7.89. The predicted octanol–water partition coefficient (Wildman–Crippen LogP) is 3.98. The van der Waals surface area contributed by atoms with Crippen LogP contribution in [0.15, 0.2) is 47.4 Å². The summed E-state index contributed by atoms with van der Waals surface area (Å²) in [5, 5.41) is 3.27. The molecule has 8 heteroatoms. The highest BCUT2D eigenvalue weighted by atomic mass is 35.5. The fourth-order valence-corrected chi connectivity index (χ4v) is 4.91. The van der Waals surface area contributed by atoms with Crippen molar-refractivity contribution in [2.24, 2.45) is 0 Å². The van der Waals surface area contributed by atoms with Crippen LogP contribution in [0.1, 0.15) is 44.4 Å². The Morgan fingerprint density at radius 3 is 2.38 bits per heavy atom. The van der Waals surface area contributed by atoms with Crippen LogP contribution in [0.2, 0.25) is 5.02 Å². The molecule has 0 saturated carbocycles. The molecule has 0 aliphatic rings. The van der Waals surface area contributed by atoms with E-state index in [1.165, 1.54) is 6.07 Å². The van der Waals surface area contributed by atoms with Gasteiger partial charge in [0.15, 0.2) is 0 Å². The Morgan fingerprint density at radius 2 is 1.79 bits per heavy atom. The molecule has 0 saturated heterocycles. The topological polar surface area (TPSA) is 84.5 Å². The SMILES string of the molecule is COc1ccc([C@H](C)NC(=O)CC(C)(C)NS(=O)(=O)c2cccc(Cl)c2C)cc1. The zero-order chi connectivity index (χ0) is 21.8. The van der Waals surface area contributed by atoms with Gasteiger partial charge >= 0.3 is 0 Å². The van der Waals surface area contributed by atoms with Gasteiger partial charge in [0.2, 0.25) is 15.9 Å². The lowest BCUT2D eigenvalue weighted by Crippen LogP contribution is -2.47. The van der Waals surface area contributed by atoms with E-state index in [1.54, 1.807) is 40.0 Å². The van der Waals surface area contributed by atoms with Crippen LogP contribution in [-0.4, -0.2) is 27.0 Å². The number of hydrogen-bond donors (Lipinski definition) is 2. The summed E-state index contributed by atoms with van der Waals surface area (Å²) >= 11 is 6.05. The van der Waals surface area contributed by atoms with Gasteiger partial charge in [-0.2, -0.15) is 0 Å². The summed E-state index contributed by atoms with van der Waals surface area (Å²) in [7, 11) is -2.24. The van der Waals surface area contributed by atoms with Crippen LogP contribution >= 0.6 is 11.6 Å². The molecule has 2 N–H and O–H groups in total. The molecule has 6 nitrogen and oxygen atoms in total. The van der Waals surface area contributed by atoms with Crippen LogP contribution in [0, 0.1) is 6.92 Å². The molecular weight excluding hydrogens is 412 g/mol. The van der Waals surface area contributed by atoms with Crippen LogP contribution in [0.25, 0.3) is 0 Å². The van der Waals surface area contributed by atoms with E-state index in [0.29, 0.717) is 10.6 Å². The number of rotatable bonds is 8. The number of sulfonamides is 1. The normalized spacial score (nSPS) is 13.0. The number of methoxy groups -OCH3 is 1. The Morgan fingerprint density at radius 1 is 1.17 bits per heavy atom. The molecule has 0 aromatic heterocycles. The molecule has 2 rings (SSSR count). The van der Waals surface area contributed by atoms with E-state index < -0.39 is 15.6 Å². The van der Waals surface area contributed by atoms with Gasteiger partial charge in [0.05, 0.1) is 18.0 Å². The van der Waals surface area contributed by atoms with E-state index in [4.69, 9.17) is 16.3 Å². The Kier molecular flexibility index (Phi) is 7.32. The number of benzene rings is 2. The highest BCUT2D eigenvalue weighted by Gasteiger charge is 2.30. The maximum atomic E-state index is 12.8. The fraction of sp³-hybridized carbons (Fsp3) is 0.381. The molecule has 2 aromatic carbocycles. The summed E-state index contributed by atoms with van der Waals surface area (Å²) in [6, 6.07) is 11.9. The zero-order valence-electron chi connectivity index (χ0n) is 17.2. The fourth-order valence-electron chi connectivity index (χ4n) is 3.00. The molecule has 0 aliphatic heterocycles. The first-order chi connectivity index (χ1) is 13.4. The highest BCUT2D eigenvalue weighted by Crippen LogP contribution is 2.25. The number of amides is 1. The van der Waals surface area contributed by atoms with Crippen molar-refractivity contribution in [3.8, 4) is 5.75 Å². The second-order valence-electron chi connectivity index (χ2n) is 7.59. The summed E-state index contributed by atoms with van der Waals surface area (Å²) in [5.74, 6) is 0.475. The molecule has 0 heterocycles. The maximum Gasteiger partial charge on any atom is 0.241 e. The Hall–Kier alpha value is -2.09. The molecule has 1 amide bonds. The Balaban J connectivity index is 2.05. The van der Waals surface area contributed by atoms with Crippen molar-refractivity contribution >= 4 is 27.5 Å². The number of halogens is 1. The molecular formula is C21H27ClN2O4S. The zero-order valence-corrected chi connectivity index (χ0v) is 18.8. The Bertz CT molecular complexity index is 973. The second-order valence-corrected chi connectivity index (χ2v) is 9.65. The average Bonchev–Trinajstić information content (AvgIpc) is 2.62. The van der Waals surface area contributed by atoms with Crippen LogP contribution in [0.5, 0.6) is 5.75 Å². The molecule has 29 heavy (non-hydrogen) atoms. The van der Waals surface area contributed by atoms with Crippen molar-refractivity contribution in [3.05, 3.63) is 58.6 Å². The molecule has 158 valence electrons.